The second-order valence-electron chi connectivity index (χ2n) is 5.75. The third-order valence-corrected chi connectivity index (χ3v) is 4.53. The Balaban J connectivity index is 0.00000225. The van der Waals surface area contributed by atoms with Gasteiger partial charge in [-0.05, 0) is 44.1 Å². The first-order valence-corrected chi connectivity index (χ1v) is 8.22. The summed E-state index contributed by atoms with van der Waals surface area (Å²) in [7, 11) is 3.23. The van der Waals surface area contributed by atoms with E-state index >= 15 is 0 Å². The second kappa shape index (κ2) is 8.51. The van der Waals surface area contributed by atoms with Gasteiger partial charge in [0.05, 0.1) is 24.4 Å². The zero-order valence-electron chi connectivity index (χ0n) is 14.1. The number of hydrogen-bond donors (Lipinski definition) is 1. The maximum absolute atomic E-state index is 12.6. The lowest BCUT2D eigenvalue weighted by Gasteiger charge is -2.22. The van der Waals surface area contributed by atoms with Crippen molar-refractivity contribution in [2.24, 2.45) is 0 Å². The number of nitrogens with zero attached hydrogens (tertiary/aromatic N) is 4. The standard InChI is InChI=1S/C16H20ClN5O2.ClH/c1-21(12-3-4-15(24-2)13(17)9-12)16(23)14-10-22(20-19-14)11-5-7-18-8-6-11;/h3-4,9-11,18H,5-8H2,1-2H3;1H. The predicted molar refractivity (Wildman–Crippen MR) is 99.1 cm³/mol. The summed E-state index contributed by atoms with van der Waals surface area (Å²) in [4.78, 5) is 14.1. The summed E-state index contributed by atoms with van der Waals surface area (Å²) in [5.74, 6) is 0.342. The second-order valence-corrected chi connectivity index (χ2v) is 6.16. The third kappa shape index (κ3) is 4.23. The van der Waals surface area contributed by atoms with Gasteiger partial charge in [-0.15, -0.1) is 17.5 Å². The lowest BCUT2D eigenvalue weighted by atomic mass is 10.1. The number of aromatic nitrogens is 3. The molecule has 0 aliphatic carbocycles. The molecule has 1 fully saturated rings. The van der Waals surface area contributed by atoms with Crippen molar-refractivity contribution in [2.75, 3.05) is 32.1 Å². The van der Waals surface area contributed by atoms with Crippen LogP contribution in [0.1, 0.15) is 29.4 Å². The van der Waals surface area contributed by atoms with Gasteiger partial charge in [0.2, 0.25) is 0 Å². The molecule has 7 nitrogen and oxygen atoms in total. The van der Waals surface area contributed by atoms with Crippen molar-refractivity contribution >= 4 is 35.6 Å². The van der Waals surface area contributed by atoms with Crippen molar-refractivity contribution in [3.05, 3.63) is 35.1 Å². The van der Waals surface area contributed by atoms with E-state index in [1.54, 1.807) is 43.2 Å². The Bertz CT molecular complexity index is 731. The van der Waals surface area contributed by atoms with Gasteiger partial charge in [-0.3, -0.25) is 4.79 Å². The van der Waals surface area contributed by atoms with Gasteiger partial charge in [0.15, 0.2) is 5.69 Å². The number of benzene rings is 1. The third-order valence-electron chi connectivity index (χ3n) is 4.24. The summed E-state index contributed by atoms with van der Waals surface area (Å²) < 4.78 is 6.92. The van der Waals surface area contributed by atoms with Crippen LogP contribution < -0.4 is 15.0 Å². The number of halogens is 2. The average Bonchev–Trinajstić information content (AvgIpc) is 3.11. The molecule has 1 aliphatic heterocycles. The van der Waals surface area contributed by atoms with Gasteiger partial charge in [0.1, 0.15) is 5.75 Å². The van der Waals surface area contributed by atoms with Gasteiger partial charge in [0.25, 0.3) is 5.91 Å². The molecule has 3 rings (SSSR count). The highest BCUT2D eigenvalue weighted by Crippen LogP contribution is 2.29. The molecule has 0 unspecified atom stereocenters. The molecule has 0 saturated carbocycles. The molecule has 1 aliphatic rings. The lowest BCUT2D eigenvalue weighted by Crippen LogP contribution is -2.29. The molecule has 2 aromatic rings. The van der Waals surface area contributed by atoms with Crippen LogP contribution >= 0.6 is 24.0 Å². The van der Waals surface area contributed by atoms with Crippen molar-refractivity contribution in [3.63, 3.8) is 0 Å². The van der Waals surface area contributed by atoms with E-state index in [1.165, 1.54) is 4.90 Å². The van der Waals surface area contributed by atoms with Crippen LogP contribution in [0.4, 0.5) is 5.69 Å². The fourth-order valence-corrected chi connectivity index (χ4v) is 3.03. The zero-order chi connectivity index (χ0) is 17.1. The first-order valence-electron chi connectivity index (χ1n) is 7.84. The molecule has 0 spiro atoms. The van der Waals surface area contributed by atoms with Gasteiger partial charge in [0, 0.05) is 12.7 Å². The quantitative estimate of drug-likeness (QED) is 0.875. The fourth-order valence-electron chi connectivity index (χ4n) is 2.78. The Labute approximate surface area is 157 Å². The number of piperidine rings is 1. The number of methoxy groups -OCH3 is 1. The molecule has 9 heteroatoms. The predicted octanol–water partition coefficient (Wildman–Crippen LogP) is 2.56. The fraction of sp³-hybridized carbons (Fsp3) is 0.438. The van der Waals surface area contributed by atoms with Crippen molar-refractivity contribution in [1.29, 1.82) is 0 Å². The van der Waals surface area contributed by atoms with Gasteiger partial charge in [-0.2, -0.15) is 0 Å². The van der Waals surface area contributed by atoms with Crippen LogP contribution in [0.25, 0.3) is 0 Å². The minimum atomic E-state index is -0.226. The maximum atomic E-state index is 12.6. The normalized spacial score (nSPS) is 14.7. The molecule has 0 atom stereocenters. The van der Waals surface area contributed by atoms with Crippen LogP contribution in [0, 0.1) is 0 Å². The minimum absolute atomic E-state index is 0. The van der Waals surface area contributed by atoms with Crippen molar-refractivity contribution in [1.82, 2.24) is 20.3 Å². The van der Waals surface area contributed by atoms with Crippen LogP contribution in [-0.2, 0) is 0 Å². The van der Waals surface area contributed by atoms with Crippen LogP contribution in [0.5, 0.6) is 5.75 Å². The monoisotopic (exact) mass is 385 g/mol. The molecule has 136 valence electrons. The van der Waals surface area contributed by atoms with Crippen LogP contribution in [0.3, 0.4) is 0 Å². The molecular weight excluding hydrogens is 365 g/mol. The Hall–Kier alpha value is -1.83. The van der Waals surface area contributed by atoms with E-state index in [0.29, 0.717) is 28.2 Å². The summed E-state index contributed by atoms with van der Waals surface area (Å²) in [6.07, 6.45) is 3.70. The molecular formula is C16H21Cl2N5O2. The van der Waals surface area contributed by atoms with Gasteiger partial charge < -0.3 is 15.0 Å². The van der Waals surface area contributed by atoms with Crippen molar-refractivity contribution in [3.8, 4) is 5.75 Å². The van der Waals surface area contributed by atoms with Crippen molar-refractivity contribution in [2.45, 2.75) is 18.9 Å². The number of hydrogen-bond acceptors (Lipinski definition) is 5. The summed E-state index contributed by atoms with van der Waals surface area (Å²) in [5.41, 5.74) is 0.991. The Kier molecular flexibility index (Phi) is 6.64. The van der Waals surface area contributed by atoms with Gasteiger partial charge in [-0.25, -0.2) is 4.68 Å². The lowest BCUT2D eigenvalue weighted by molar-refractivity contribution is 0.0988. The minimum Gasteiger partial charge on any atom is -0.495 e. The van der Waals surface area contributed by atoms with Crippen LogP contribution in [0.2, 0.25) is 5.02 Å². The number of rotatable bonds is 4. The first kappa shape index (κ1) is 19.5. The maximum Gasteiger partial charge on any atom is 0.280 e. The van der Waals surface area contributed by atoms with E-state index in [2.05, 4.69) is 15.6 Å². The average molecular weight is 386 g/mol. The highest BCUT2D eigenvalue weighted by molar-refractivity contribution is 6.32. The Morgan fingerprint density at radius 3 is 2.76 bits per heavy atom. The zero-order valence-corrected chi connectivity index (χ0v) is 15.7. The molecule has 1 aromatic heterocycles. The van der Waals surface area contributed by atoms with Gasteiger partial charge >= 0.3 is 0 Å². The molecule has 1 N–H and O–H groups in total. The molecule has 1 saturated heterocycles. The van der Waals surface area contributed by atoms with Crippen LogP contribution in [-0.4, -0.2) is 48.1 Å². The molecule has 0 radical (unpaired) electrons. The number of amides is 1. The van der Waals surface area contributed by atoms with Gasteiger partial charge in [-0.1, -0.05) is 16.8 Å². The largest absolute Gasteiger partial charge is 0.495 e. The van der Waals surface area contributed by atoms with E-state index in [4.69, 9.17) is 16.3 Å². The SMILES string of the molecule is COc1ccc(N(C)C(=O)c2cn(C3CCNCC3)nn2)cc1Cl.Cl. The summed E-state index contributed by atoms with van der Waals surface area (Å²) in [6, 6.07) is 5.49. The van der Waals surface area contributed by atoms with Crippen molar-refractivity contribution < 1.29 is 9.53 Å². The summed E-state index contributed by atoms with van der Waals surface area (Å²) in [5, 5.41) is 11.9. The van der Waals surface area contributed by atoms with E-state index in [9.17, 15) is 4.79 Å². The number of anilines is 1. The van der Waals surface area contributed by atoms with E-state index in [-0.39, 0.29) is 18.3 Å². The topological polar surface area (TPSA) is 72.3 Å². The summed E-state index contributed by atoms with van der Waals surface area (Å²) in [6.45, 7) is 1.91. The number of carbonyl (C=O) groups excluding carboxylic acids is 1. The summed E-state index contributed by atoms with van der Waals surface area (Å²) >= 11 is 6.13. The number of carbonyl (C=O) groups is 1. The van der Waals surface area contributed by atoms with E-state index in [0.717, 1.165) is 25.9 Å². The molecule has 2 heterocycles. The highest BCUT2D eigenvalue weighted by Gasteiger charge is 2.21. The molecule has 0 bridgehead atoms. The molecule has 1 aromatic carbocycles. The van der Waals surface area contributed by atoms with E-state index in [1.807, 2.05) is 0 Å². The molecule has 25 heavy (non-hydrogen) atoms. The smallest absolute Gasteiger partial charge is 0.280 e. The highest BCUT2D eigenvalue weighted by atomic mass is 35.5. The first-order chi connectivity index (χ1) is 11.6. The number of ether oxygens (including phenoxy) is 1. The van der Waals surface area contributed by atoms with Crippen LogP contribution in [0.15, 0.2) is 24.4 Å². The Morgan fingerprint density at radius 1 is 1.40 bits per heavy atom. The number of nitrogens with one attached hydrogen (secondary N) is 1. The van der Waals surface area contributed by atoms with E-state index < -0.39 is 0 Å². The molecule has 1 amide bonds. The Morgan fingerprint density at radius 2 is 2.12 bits per heavy atom.